The summed E-state index contributed by atoms with van der Waals surface area (Å²) in [6, 6.07) is 3.92. The Morgan fingerprint density at radius 2 is 2.18 bits per heavy atom. The maximum Gasteiger partial charge on any atom is 0.339 e. The zero-order valence-electron chi connectivity index (χ0n) is 8.88. The highest BCUT2D eigenvalue weighted by Crippen LogP contribution is 2.32. The number of aromatic hydroxyl groups is 1. The van der Waals surface area contributed by atoms with E-state index in [1.54, 1.807) is 0 Å². The molecule has 0 aliphatic heterocycles. The van der Waals surface area contributed by atoms with E-state index in [4.69, 9.17) is 5.11 Å². The summed E-state index contributed by atoms with van der Waals surface area (Å²) < 4.78 is 14.5. The summed E-state index contributed by atoms with van der Waals surface area (Å²) >= 11 is 0. The number of aryl methyl sites for hydroxylation is 1. The number of aromatic carboxylic acids is 1. The molecule has 88 valence electrons. The molecule has 17 heavy (non-hydrogen) atoms. The highest BCUT2D eigenvalue weighted by Gasteiger charge is 2.20. The minimum absolute atomic E-state index is 0.0894. The van der Waals surface area contributed by atoms with Crippen LogP contribution < -0.4 is 0 Å². The van der Waals surface area contributed by atoms with Crippen LogP contribution in [0, 0.1) is 5.82 Å². The summed E-state index contributed by atoms with van der Waals surface area (Å²) in [5.74, 6) is -2.57. The largest absolute Gasteiger partial charge is 0.504 e. The Kier molecular flexibility index (Phi) is 2.55. The predicted octanol–water partition coefficient (Wildman–Crippen LogP) is 1.63. The van der Waals surface area contributed by atoms with E-state index < -0.39 is 17.5 Å². The second-order valence-corrected chi connectivity index (χ2v) is 3.47. The molecular weight excluding hydrogens is 227 g/mol. The molecule has 0 saturated heterocycles. The van der Waals surface area contributed by atoms with Gasteiger partial charge in [0.1, 0.15) is 5.56 Å². The number of benzene rings is 1. The molecule has 1 aromatic carbocycles. The van der Waals surface area contributed by atoms with E-state index in [0.29, 0.717) is 0 Å². The number of hydrogen-bond acceptors (Lipinski definition) is 3. The van der Waals surface area contributed by atoms with E-state index in [-0.39, 0.29) is 16.8 Å². The van der Waals surface area contributed by atoms with E-state index in [9.17, 15) is 14.3 Å². The molecule has 0 atom stereocenters. The van der Waals surface area contributed by atoms with Crippen LogP contribution in [0.25, 0.3) is 11.3 Å². The van der Waals surface area contributed by atoms with Gasteiger partial charge in [0.05, 0.1) is 11.9 Å². The first-order valence-corrected chi connectivity index (χ1v) is 4.75. The molecule has 1 heterocycles. The van der Waals surface area contributed by atoms with Gasteiger partial charge in [0.2, 0.25) is 0 Å². The van der Waals surface area contributed by atoms with Gasteiger partial charge in [-0.25, -0.2) is 9.18 Å². The predicted molar refractivity (Wildman–Crippen MR) is 57.2 cm³/mol. The number of phenolic OH excluding ortho intramolecular Hbond substituents is 1. The summed E-state index contributed by atoms with van der Waals surface area (Å²) in [6.45, 7) is 0. The van der Waals surface area contributed by atoms with Crippen molar-refractivity contribution in [3.8, 4) is 17.0 Å². The molecule has 2 N–H and O–H groups in total. The number of carboxylic acids is 1. The zero-order valence-corrected chi connectivity index (χ0v) is 8.88. The summed E-state index contributed by atoms with van der Waals surface area (Å²) in [5.41, 5.74) is 0.172. The highest BCUT2D eigenvalue weighted by atomic mass is 19.1. The van der Waals surface area contributed by atoms with Gasteiger partial charge in [-0.2, -0.15) is 5.10 Å². The first kappa shape index (κ1) is 11.1. The van der Waals surface area contributed by atoms with Crippen molar-refractivity contribution in [1.82, 2.24) is 9.78 Å². The summed E-state index contributed by atoms with van der Waals surface area (Å²) in [4.78, 5) is 11.0. The van der Waals surface area contributed by atoms with Crippen LogP contribution in [0.3, 0.4) is 0 Å². The topological polar surface area (TPSA) is 75.4 Å². The van der Waals surface area contributed by atoms with Crippen molar-refractivity contribution in [2.45, 2.75) is 0 Å². The van der Waals surface area contributed by atoms with Crippen molar-refractivity contribution in [3.05, 3.63) is 35.8 Å². The zero-order chi connectivity index (χ0) is 12.6. The van der Waals surface area contributed by atoms with Gasteiger partial charge in [0.15, 0.2) is 11.6 Å². The second-order valence-electron chi connectivity index (χ2n) is 3.47. The molecule has 2 aromatic rings. The summed E-state index contributed by atoms with van der Waals surface area (Å²) in [7, 11) is 1.52. The molecule has 0 radical (unpaired) electrons. The standard InChI is InChI=1S/C11H9FN2O3/c1-14-9(7(5-13-14)11(16)17)6-3-2-4-8(12)10(6)15/h2-5,15H,1H3,(H,16,17). The van der Waals surface area contributed by atoms with Crippen molar-refractivity contribution in [2.24, 2.45) is 7.05 Å². The number of hydrogen-bond donors (Lipinski definition) is 2. The minimum atomic E-state index is -1.18. The van der Waals surface area contributed by atoms with Crippen LogP contribution in [-0.2, 0) is 7.05 Å². The van der Waals surface area contributed by atoms with Crippen molar-refractivity contribution in [1.29, 1.82) is 0 Å². The third kappa shape index (κ3) is 1.73. The Labute approximate surface area is 95.7 Å². The lowest BCUT2D eigenvalue weighted by Crippen LogP contribution is -2.01. The Hall–Kier alpha value is -2.37. The van der Waals surface area contributed by atoms with E-state index in [1.807, 2.05) is 0 Å². The molecule has 6 heteroatoms. The first-order chi connectivity index (χ1) is 8.02. The molecule has 0 aliphatic carbocycles. The number of halogens is 1. The molecule has 0 amide bonds. The van der Waals surface area contributed by atoms with Gasteiger partial charge in [-0.3, -0.25) is 4.68 Å². The Bertz CT molecular complexity index is 592. The second kappa shape index (κ2) is 3.89. The van der Waals surface area contributed by atoms with Gasteiger partial charge in [-0.05, 0) is 12.1 Å². The maximum atomic E-state index is 13.2. The third-order valence-corrected chi connectivity index (χ3v) is 2.41. The number of rotatable bonds is 2. The fourth-order valence-electron chi connectivity index (χ4n) is 1.62. The molecule has 0 saturated carbocycles. The quantitative estimate of drug-likeness (QED) is 0.830. The van der Waals surface area contributed by atoms with Crippen molar-refractivity contribution in [3.63, 3.8) is 0 Å². The minimum Gasteiger partial charge on any atom is -0.504 e. The maximum absolute atomic E-state index is 13.2. The molecule has 0 spiro atoms. The van der Waals surface area contributed by atoms with Gasteiger partial charge in [0.25, 0.3) is 0 Å². The number of phenols is 1. The van der Waals surface area contributed by atoms with Crippen LogP contribution >= 0.6 is 0 Å². The summed E-state index contributed by atoms with van der Waals surface area (Å²) in [6.07, 6.45) is 1.15. The molecule has 0 fully saturated rings. The Morgan fingerprint density at radius 1 is 1.47 bits per heavy atom. The van der Waals surface area contributed by atoms with E-state index >= 15 is 0 Å². The smallest absolute Gasteiger partial charge is 0.339 e. The van der Waals surface area contributed by atoms with E-state index in [0.717, 1.165) is 12.3 Å². The normalized spacial score (nSPS) is 10.5. The fraction of sp³-hybridized carbons (Fsp3) is 0.0909. The monoisotopic (exact) mass is 236 g/mol. The Morgan fingerprint density at radius 3 is 2.82 bits per heavy atom. The van der Waals surface area contributed by atoms with Crippen LogP contribution in [0.1, 0.15) is 10.4 Å². The number of aromatic nitrogens is 2. The lowest BCUT2D eigenvalue weighted by atomic mass is 10.1. The van der Waals surface area contributed by atoms with Crippen LogP contribution in [-0.4, -0.2) is 26.0 Å². The van der Waals surface area contributed by atoms with Gasteiger partial charge in [-0.1, -0.05) is 6.07 Å². The number of para-hydroxylation sites is 1. The Balaban J connectivity index is 2.72. The van der Waals surface area contributed by atoms with Crippen molar-refractivity contribution in [2.75, 3.05) is 0 Å². The van der Waals surface area contributed by atoms with Crippen molar-refractivity contribution >= 4 is 5.97 Å². The summed E-state index contributed by atoms with van der Waals surface area (Å²) in [5, 5.41) is 22.4. The van der Waals surface area contributed by atoms with Gasteiger partial charge < -0.3 is 10.2 Å². The van der Waals surface area contributed by atoms with Gasteiger partial charge in [-0.15, -0.1) is 0 Å². The van der Waals surface area contributed by atoms with Crippen LogP contribution in [0.4, 0.5) is 4.39 Å². The lowest BCUT2D eigenvalue weighted by Gasteiger charge is -2.07. The van der Waals surface area contributed by atoms with E-state index in [1.165, 1.54) is 23.9 Å². The molecule has 1 aromatic heterocycles. The molecule has 2 rings (SSSR count). The lowest BCUT2D eigenvalue weighted by molar-refractivity contribution is 0.0697. The SMILES string of the molecule is Cn1ncc(C(=O)O)c1-c1cccc(F)c1O. The molecule has 0 aliphatic rings. The third-order valence-electron chi connectivity index (χ3n) is 2.41. The highest BCUT2D eigenvalue weighted by molar-refractivity contribution is 5.95. The van der Waals surface area contributed by atoms with E-state index in [2.05, 4.69) is 5.10 Å². The molecule has 0 bridgehead atoms. The molecule has 0 unspecified atom stereocenters. The van der Waals surface area contributed by atoms with Crippen molar-refractivity contribution < 1.29 is 19.4 Å². The first-order valence-electron chi connectivity index (χ1n) is 4.75. The average molecular weight is 236 g/mol. The number of carbonyl (C=O) groups is 1. The van der Waals surface area contributed by atoms with Crippen LogP contribution in [0.15, 0.2) is 24.4 Å². The van der Waals surface area contributed by atoms with Gasteiger partial charge >= 0.3 is 5.97 Å². The number of carboxylic acid groups (broad SMARTS) is 1. The number of nitrogens with zero attached hydrogens (tertiary/aromatic N) is 2. The van der Waals surface area contributed by atoms with Crippen LogP contribution in [0.2, 0.25) is 0 Å². The average Bonchev–Trinajstić information content (AvgIpc) is 2.65. The van der Waals surface area contributed by atoms with Gasteiger partial charge in [0, 0.05) is 12.6 Å². The fourth-order valence-corrected chi connectivity index (χ4v) is 1.62. The molecular formula is C11H9FN2O3. The van der Waals surface area contributed by atoms with Crippen LogP contribution in [0.5, 0.6) is 5.75 Å². The molecule has 5 nitrogen and oxygen atoms in total.